The topological polar surface area (TPSA) is 114 Å². The average molecular weight is 470 g/mol. The molecule has 0 saturated heterocycles. The molecule has 0 aliphatic carbocycles. The summed E-state index contributed by atoms with van der Waals surface area (Å²) in [6.45, 7) is 0.117. The zero-order valence-corrected chi connectivity index (χ0v) is 17.1. The summed E-state index contributed by atoms with van der Waals surface area (Å²) in [6, 6.07) is 15.8. The maximum atomic E-state index is 12.7. The van der Waals surface area contributed by atoms with Crippen molar-refractivity contribution in [3.63, 3.8) is 0 Å². The van der Waals surface area contributed by atoms with Crippen molar-refractivity contribution in [2.24, 2.45) is 0 Å². The standard InChI is InChI=1S/C21H16BrN3O5/c22-16-8-6-15(7-9-16)20(26)24-19(21(27)23-13-18-5-2-10-30-18)12-14-3-1-4-17(11-14)25(28)29/h1-12H,13H2,(H,23,27)(H,24,26)/b19-12+. The van der Waals surface area contributed by atoms with Crippen LogP contribution in [-0.4, -0.2) is 16.7 Å². The van der Waals surface area contributed by atoms with E-state index in [0.717, 1.165) is 4.47 Å². The molecule has 1 heterocycles. The van der Waals surface area contributed by atoms with Crippen LogP contribution in [0.1, 0.15) is 21.7 Å². The van der Waals surface area contributed by atoms with Gasteiger partial charge in [-0.3, -0.25) is 19.7 Å². The number of nitrogens with zero attached hydrogens (tertiary/aromatic N) is 1. The molecule has 0 spiro atoms. The number of hydrogen-bond acceptors (Lipinski definition) is 5. The molecule has 0 bridgehead atoms. The molecule has 0 aliphatic heterocycles. The molecule has 0 aliphatic rings. The molecule has 0 saturated carbocycles. The van der Waals surface area contributed by atoms with Gasteiger partial charge in [-0.05, 0) is 48.0 Å². The number of rotatable bonds is 7. The molecule has 3 aromatic rings. The van der Waals surface area contributed by atoms with E-state index in [-0.39, 0.29) is 17.9 Å². The lowest BCUT2D eigenvalue weighted by Gasteiger charge is -2.11. The van der Waals surface area contributed by atoms with Gasteiger partial charge in [0.05, 0.1) is 17.7 Å². The monoisotopic (exact) mass is 469 g/mol. The lowest BCUT2D eigenvalue weighted by atomic mass is 10.1. The number of carbonyl (C=O) groups is 2. The quantitative estimate of drug-likeness (QED) is 0.307. The smallest absolute Gasteiger partial charge is 0.270 e. The van der Waals surface area contributed by atoms with Crippen molar-refractivity contribution in [3.05, 3.63) is 104 Å². The summed E-state index contributed by atoms with van der Waals surface area (Å²) in [5, 5.41) is 16.2. The van der Waals surface area contributed by atoms with E-state index in [2.05, 4.69) is 26.6 Å². The van der Waals surface area contributed by atoms with Crippen LogP contribution in [0.25, 0.3) is 6.08 Å². The van der Waals surface area contributed by atoms with Gasteiger partial charge in [0.25, 0.3) is 17.5 Å². The molecule has 2 amide bonds. The molecular formula is C21H16BrN3O5. The summed E-state index contributed by atoms with van der Waals surface area (Å²) >= 11 is 3.30. The number of furan rings is 1. The van der Waals surface area contributed by atoms with E-state index in [0.29, 0.717) is 16.9 Å². The van der Waals surface area contributed by atoms with Gasteiger partial charge in [0.1, 0.15) is 11.5 Å². The number of carbonyl (C=O) groups excluding carboxylic acids is 2. The summed E-state index contributed by atoms with van der Waals surface area (Å²) in [4.78, 5) is 35.8. The van der Waals surface area contributed by atoms with E-state index in [9.17, 15) is 19.7 Å². The molecule has 30 heavy (non-hydrogen) atoms. The molecule has 8 nitrogen and oxygen atoms in total. The number of non-ortho nitro benzene ring substituents is 1. The molecular weight excluding hydrogens is 454 g/mol. The minimum absolute atomic E-state index is 0.0602. The normalized spacial score (nSPS) is 11.0. The summed E-state index contributed by atoms with van der Waals surface area (Å²) in [5.74, 6) is -0.520. The summed E-state index contributed by atoms with van der Waals surface area (Å²) in [6.07, 6.45) is 2.86. The Labute approximate surface area is 179 Å². The number of benzene rings is 2. The van der Waals surface area contributed by atoms with E-state index in [1.54, 1.807) is 42.5 Å². The third-order valence-corrected chi connectivity index (χ3v) is 4.52. The lowest BCUT2D eigenvalue weighted by Crippen LogP contribution is -2.34. The van der Waals surface area contributed by atoms with Gasteiger partial charge in [-0.25, -0.2) is 0 Å². The summed E-state index contributed by atoms with van der Waals surface area (Å²) in [7, 11) is 0. The molecule has 1 aromatic heterocycles. The Kier molecular flexibility index (Phi) is 6.76. The minimum Gasteiger partial charge on any atom is -0.467 e. The van der Waals surface area contributed by atoms with E-state index >= 15 is 0 Å². The number of hydrogen-bond donors (Lipinski definition) is 2. The Morgan fingerprint density at radius 1 is 1.10 bits per heavy atom. The zero-order chi connectivity index (χ0) is 21.5. The number of halogens is 1. The van der Waals surface area contributed by atoms with Gasteiger partial charge in [-0.15, -0.1) is 0 Å². The van der Waals surface area contributed by atoms with Gasteiger partial charge >= 0.3 is 0 Å². The average Bonchev–Trinajstić information content (AvgIpc) is 3.26. The molecule has 3 rings (SSSR count). The van der Waals surface area contributed by atoms with Crippen LogP contribution in [0, 0.1) is 10.1 Å². The fraction of sp³-hybridized carbons (Fsp3) is 0.0476. The Morgan fingerprint density at radius 3 is 2.53 bits per heavy atom. The molecule has 0 fully saturated rings. The number of nitro benzene ring substituents is 1. The van der Waals surface area contributed by atoms with Crippen LogP contribution < -0.4 is 10.6 Å². The molecule has 0 radical (unpaired) electrons. The predicted octanol–water partition coefficient (Wildman–Crippen LogP) is 4.04. The predicted molar refractivity (Wildman–Crippen MR) is 113 cm³/mol. The van der Waals surface area contributed by atoms with Gasteiger partial charge in [-0.2, -0.15) is 0 Å². The molecule has 2 aromatic carbocycles. The Hall–Kier alpha value is -3.72. The highest BCUT2D eigenvalue weighted by atomic mass is 79.9. The largest absolute Gasteiger partial charge is 0.467 e. The van der Waals surface area contributed by atoms with Gasteiger partial charge in [0.15, 0.2) is 0 Å². The zero-order valence-electron chi connectivity index (χ0n) is 15.5. The third-order valence-electron chi connectivity index (χ3n) is 3.99. The van der Waals surface area contributed by atoms with Crippen LogP contribution in [0.3, 0.4) is 0 Å². The highest BCUT2D eigenvalue weighted by molar-refractivity contribution is 9.10. The first-order chi connectivity index (χ1) is 14.4. The van der Waals surface area contributed by atoms with Crippen LogP contribution >= 0.6 is 15.9 Å². The molecule has 2 N–H and O–H groups in total. The SMILES string of the molecule is O=C(NCc1ccco1)/C(=C\c1cccc([N+](=O)[O-])c1)NC(=O)c1ccc(Br)cc1. The Morgan fingerprint density at radius 2 is 1.87 bits per heavy atom. The van der Waals surface area contributed by atoms with Crippen molar-refractivity contribution in [1.82, 2.24) is 10.6 Å². The fourth-order valence-electron chi connectivity index (χ4n) is 2.52. The second-order valence-corrected chi connectivity index (χ2v) is 7.05. The molecule has 0 atom stereocenters. The molecule has 152 valence electrons. The fourth-order valence-corrected chi connectivity index (χ4v) is 2.79. The van der Waals surface area contributed by atoms with Crippen LogP contribution in [0.15, 0.2) is 81.5 Å². The minimum atomic E-state index is -0.566. The summed E-state index contributed by atoms with van der Waals surface area (Å²) in [5.41, 5.74) is 0.554. The van der Waals surface area contributed by atoms with E-state index in [4.69, 9.17) is 4.42 Å². The lowest BCUT2D eigenvalue weighted by molar-refractivity contribution is -0.384. The number of nitrogens with one attached hydrogen (secondary N) is 2. The van der Waals surface area contributed by atoms with E-state index in [1.807, 2.05) is 0 Å². The van der Waals surface area contributed by atoms with Gasteiger partial charge in [-0.1, -0.05) is 28.1 Å². The summed E-state index contributed by atoms with van der Waals surface area (Å²) < 4.78 is 5.99. The first-order valence-corrected chi connectivity index (χ1v) is 9.55. The third kappa shape index (κ3) is 5.65. The number of amides is 2. The van der Waals surface area contributed by atoms with Crippen molar-refractivity contribution in [2.45, 2.75) is 6.54 Å². The van der Waals surface area contributed by atoms with Crippen molar-refractivity contribution < 1.29 is 18.9 Å². The second kappa shape index (κ2) is 9.66. The maximum absolute atomic E-state index is 12.7. The highest BCUT2D eigenvalue weighted by Crippen LogP contribution is 2.16. The first-order valence-electron chi connectivity index (χ1n) is 8.76. The maximum Gasteiger partial charge on any atom is 0.270 e. The first kappa shape index (κ1) is 21.0. The molecule has 0 unspecified atom stereocenters. The Balaban J connectivity index is 1.86. The van der Waals surface area contributed by atoms with E-state index in [1.165, 1.54) is 30.5 Å². The second-order valence-electron chi connectivity index (χ2n) is 6.13. The van der Waals surface area contributed by atoms with Crippen LogP contribution in [0.4, 0.5) is 5.69 Å². The van der Waals surface area contributed by atoms with Crippen molar-refractivity contribution >= 4 is 39.5 Å². The van der Waals surface area contributed by atoms with Crippen molar-refractivity contribution in [3.8, 4) is 0 Å². The van der Waals surface area contributed by atoms with Gasteiger partial charge in [0, 0.05) is 22.2 Å². The van der Waals surface area contributed by atoms with Gasteiger partial charge < -0.3 is 15.1 Å². The molecule has 9 heteroatoms. The number of nitro groups is 1. The van der Waals surface area contributed by atoms with Crippen LogP contribution in [0.2, 0.25) is 0 Å². The van der Waals surface area contributed by atoms with Crippen molar-refractivity contribution in [1.29, 1.82) is 0 Å². The van der Waals surface area contributed by atoms with Crippen molar-refractivity contribution in [2.75, 3.05) is 0 Å². The van der Waals surface area contributed by atoms with Gasteiger partial charge in [0.2, 0.25) is 0 Å². The van der Waals surface area contributed by atoms with Crippen LogP contribution in [-0.2, 0) is 11.3 Å². The van der Waals surface area contributed by atoms with Crippen LogP contribution in [0.5, 0.6) is 0 Å². The van der Waals surface area contributed by atoms with E-state index < -0.39 is 16.7 Å². The Bertz CT molecular complexity index is 1090. The highest BCUT2D eigenvalue weighted by Gasteiger charge is 2.16.